The van der Waals surface area contributed by atoms with E-state index in [4.69, 9.17) is 5.73 Å². The maximum atomic E-state index is 6.36. The van der Waals surface area contributed by atoms with Crippen molar-refractivity contribution in [3.63, 3.8) is 0 Å². The van der Waals surface area contributed by atoms with E-state index in [1.807, 2.05) is 0 Å². The van der Waals surface area contributed by atoms with Crippen molar-refractivity contribution >= 4 is 0 Å². The minimum Gasteiger partial charge on any atom is -0.329 e. The fourth-order valence-electron chi connectivity index (χ4n) is 5.47. The van der Waals surface area contributed by atoms with E-state index in [1.165, 1.54) is 77.9 Å². The van der Waals surface area contributed by atoms with Gasteiger partial charge in [-0.3, -0.25) is 9.80 Å². The summed E-state index contributed by atoms with van der Waals surface area (Å²) in [5.41, 5.74) is 6.66. The number of hydrogen-bond donors (Lipinski definition) is 1. The van der Waals surface area contributed by atoms with Gasteiger partial charge < -0.3 is 10.6 Å². The van der Waals surface area contributed by atoms with Crippen molar-refractivity contribution in [3.8, 4) is 0 Å². The highest BCUT2D eigenvalue weighted by Gasteiger charge is 2.50. The van der Waals surface area contributed by atoms with Crippen molar-refractivity contribution in [1.82, 2.24) is 14.7 Å². The normalized spacial score (nSPS) is 46.4. The third kappa shape index (κ3) is 2.04. The fourth-order valence-corrected chi connectivity index (χ4v) is 5.47. The molecule has 2 bridgehead atoms. The largest absolute Gasteiger partial charge is 0.329 e. The second-order valence-corrected chi connectivity index (χ2v) is 7.49. The first kappa shape index (κ1) is 13.5. The summed E-state index contributed by atoms with van der Waals surface area (Å²) >= 11 is 0. The van der Waals surface area contributed by atoms with Crippen LogP contribution in [0.1, 0.15) is 32.1 Å². The quantitative estimate of drug-likeness (QED) is 0.801. The third-order valence-corrected chi connectivity index (χ3v) is 6.63. The molecule has 5 fully saturated rings. The van der Waals surface area contributed by atoms with Crippen LogP contribution in [0.3, 0.4) is 0 Å². The molecular weight excluding hydrogens is 248 g/mol. The third-order valence-electron chi connectivity index (χ3n) is 6.63. The van der Waals surface area contributed by atoms with Crippen LogP contribution in [0.4, 0.5) is 0 Å². The number of piperidine rings is 3. The van der Waals surface area contributed by atoms with Crippen molar-refractivity contribution in [1.29, 1.82) is 0 Å². The molecule has 5 aliphatic rings. The summed E-state index contributed by atoms with van der Waals surface area (Å²) in [6, 6.07) is 0.816. The number of rotatable bonds is 2. The first-order chi connectivity index (χ1) is 9.82. The summed E-state index contributed by atoms with van der Waals surface area (Å²) < 4.78 is 0. The molecule has 114 valence electrons. The van der Waals surface area contributed by atoms with Crippen LogP contribution in [0.5, 0.6) is 0 Å². The van der Waals surface area contributed by atoms with Crippen LogP contribution in [0.2, 0.25) is 0 Å². The highest BCUT2D eigenvalue weighted by molar-refractivity contribution is 5.07. The lowest BCUT2D eigenvalue weighted by Gasteiger charge is -2.58. The molecule has 5 rings (SSSR count). The van der Waals surface area contributed by atoms with Crippen molar-refractivity contribution in [2.24, 2.45) is 11.7 Å². The molecule has 4 heteroatoms. The van der Waals surface area contributed by atoms with Crippen molar-refractivity contribution < 1.29 is 0 Å². The van der Waals surface area contributed by atoms with Gasteiger partial charge in [-0.2, -0.15) is 0 Å². The van der Waals surface area contributed by atoms with Crippen molar-refractivity contribution in [2.75, 3.05) is 52.4 Å². The van der Waals surface area contributed by atoms with Crippen molar-refractivity contribution in [3.05, 3.63) is 0 Å². The molecule has 5 heterocycles. The van der Waals surface area contributed by atoms with Crippen LogP contribution in [-0.2, 0) is 0 Å². The topological polar surface area (TPSA) is 35.7 Å². The molecule has 4 nitrogen and oxygen atoms in total. The van der Waals surface area contributed by atoms with Gasteiger partial charge in [-0.15, -0.1) is 0 Å². The zero-order chi connectivity index (χ0) is 13.6. The van der Waals surface area contributed by atoms with E-state index in [0.29, 0.717) is 5.54 Å². The number of hydrogen-bond acceptors (Lipinski definition) is 4. The van der Waals surface area contributed by atoms with Crippen LogP contribution in [0.15, 0.2) is 0 Å². The summed E-state index contributed by atoms with van der Waals surface area (Å²) in [4.78, 5) is 8.24. The summed E-state index contributed by atoms with van der Waals surface area (Å²) in [7, 11) is 0. The fraction of sp³-hybridized carbons (Fsp3) is 1.00. The van der Waals surface area contributed by atoms with Gasteiger partial charge in [0, 0.05) is 37.8 Å². The van der Waals surface area contributed by atoms with Crippen LogP contribution in [-0.4, -0.2) is 78.6 Å². The van der Waals surface area contributed by atoms with Gasteiger partial charge in [0.2, 0.25) is 0 Å². The molecule has 0 saturated carbocycles. The Morgan fingerprint density at radius 1 is 0.950 bits per heavy atom. The Hall–Kier alpha value is -0.160. The maximum absolute atomic E-state index is 6.36. The van der Waals surface area contributed by atoms with E-state index in [1.54, 1.807) is 0 Å². The second-order valence-electron chi connectivity index (χ2n) is 7.49. The van der Waals surface area contributed by atoms with E-state index in [2.05, 4.69) is 14.7 Å². The molecule has 2 unspecified atom stereocenters. The Morgan fingerprint density at radius 3 is 2.45 bits per heavy atom. The van der Waals surface area contributed by atoms with E-state index >= 15 is 0 Å². The number of fused-ring (bicyclic) bond motifs is 4. The molecule has 0 aromatic carbocycles. The van der Waals surface area contributed by atoms with E-state index in [-0.39, 0.29) is 0 Å². The Bertz CT molecular complexity index is 352. The Morgan fingerprint density at radius 2 is 1.75 bits per heavy atom. The summed E-state index contributed by atoms with van der Waals surface area (Å²) in [5, 5.41) is 0. The lowest BCUT2D eigenvalue weighted by molar-refractivity contribution is -0.0688. The molecule has 0 radical (unpaired) electrons. The van der Waals surface area contributed by atoms with Gasteiger partial charge in [0.05, 0.1) is 0 Å². The first-order valence-corrected chi connectivity index (χ1v) is 8.73. The molecule has 2 atom stereocenters. The van der Waals surface area contributed by atoms with Crippen LogP contribution in [0.25, 0.3) is 0 Å². The lowest BCUT2D eigenvalue weighted by Crippen LogP contribution is -2.70. The van der Waals surface area contributed by atoms with Gasteiger partial charge in [-0.1, -0.05) is 0 Å². The molecule has 0 aromatic rings. The standard InChI is InChI=1S/C16H30N4/c17-12-16(13-18-9-4-14(16)5-10-18)20-8-2-7-19-6-1-3-15(19)11-20/h14-15H,1-13,17H2. The van der Waals surface area contributed by atoms with Gasteiger partial charge >= 0.3 is 0 Å². The molecule has 20 heavy (non-hydrogen) atoms. The van der Waals surface area contributed by atoms with Gasteiger partial charge in [0.25, 0.3) is 0 Å². The monoisotopic (exact) mass is 278 g/mol. The molecule has 0 aromatic heterocycles. The van der Waals surface area contributed by atoms with E-state index < -0.39 is 0 Å². The zero-order valence-electron chi connectivity index (χ0n) is 12.8. The van der Waals surface area contributed by atoms with Crippen molar-refractivity contribution in [2.45, 2.75) is 43.7 Å². The van der Waals surface area contributed by atoms with E-state index in [0.717, 1.165) is 18.5 Å². The average Bonchev–Trinajstić information content (AvgIpc) is 2.85. The molecule has 0 aliphatic carbocycles. The zero-order valence-corrected chi connectivity index (χ0v) is 12.8. The average molecular weight is 278 g/mol. The van der Waals surface area contributed by atoms with Crippen LogP contribution in [0, 0.1) is 5.92 Å². The van der Waals surface area contributed by atoms with Crippen LogP contribution >= 0.6 is 0 Å². The smallest absolute Gasteiger partial charge is 0.0488 e. The second kappa shape index (κ2) is 5.24. The van der Waals surface area contributed by atoms with Gasteiger partial charge in [-0.05, 0) is 64.2 Å². The lowest BCUT2D eigenvalue weighted by atomic mass is 9.71. The SMILES string of the molecule is NCC1(N2CCCN3CCCC3C2)CN2CCC1CC2. The van der Waals surface area contributed by atoms with Gasteiger partial charge in [0.1, 0.15) is 0 Å². The Balaban J connectivity index is 1.57. The summed E-state index contributed by atoms with van der Waals surface area (Å²) in [6.07, 6.45) is 6.91. The molecule has 5 aliphatic heterocycles. The molecule has 0 amide bonds. The predicted molar refractivity (Wildman–Crippen MR) is 81.7 cm³/mol. The Labute approximate surface area is 123 Å². The minimum atomic E-state index is 0.301. The summed E-state index contributed by atoms with van der Waals surface area (Å²) in [6.45, 7) is 9.93. The molecule has 2 N–H and O–H groups in total. The van der Waals surface area contributed by atoms with Gasteiger partial charge in [-0.25, -0.2) is 0 Å². The predicted octanol–water partition coefficient (Wildman–Crippen LogP) is 0.580. The molecule has 0 spiro atoms. The number of nitrogens with zero attached hydrogens (tertiary/aromatic N) is 3. The summed E-state index contributed by atoms with van der Waals surface area (Å²) in [5.74, 6) is 0.852. The van der Waals surface area contributed by atoms with Crippen LogP contribution < -0.4 is 5.73 Å². The van der Waals surface area contributed by atoms with Gasteiger partial charge in [0.15, 0.2) is 0 Å². The highest BCUT2D eigenvalue weighted by atomic mass is 15.3. The number of nitrogens with two attached hydrogens (primary N) is 1. The molecular formula is C16H30N4. The molecule has 5 saturated heterocycles. The van der Waals surface area contributed by atoms with E-state index in [9.17, 15) is 0 Å². The first-order valence-electron chi connectivity index (χ1n) is 8.73. The highest BCUT2D eigenvalue weighted by Crippen LogP contribution is 2.40. The minimum absolute atomic E-state index is 0.301. The Kier molecular flexibility index (Phi) is 3.53. The maximum Gasteiger partial charge on any atom is 0.0488 e.